The van der Waals surface area contributed by atoms with Gasteiger partial charge in [0.25, 0.3) is 0 Å². The number of rotatable bonds is 4. The predicted octanol–water partition coefficient (Wildman–Crippen LogP) is 3.41. The second kappa shape index (κ2) is 9.35. The molecule has 0 saturated carbocycles. The molecule has 2 N–H and O–H groups in total. The van der Waals surface area contributed by atoms with E-state index < -0.39 is 0 Å². The van der Waals surface area contributed by atoms with E-state index in [1.165, 1.54) is 0 Å². The molecule has 23 heavy (non-hydrogen) atoms. The highest BCUT2D eigenvalue weighted by molar-refractivity contribution is 5.95. The molecule has 5 nitrogen and oxygen atoms in total. The van der Waals surface area contributed by atoms with Gasteiger partial charge in [-0.3, -0.25) is 9.78 Å². The van der Waals surface area contributed by atoms with Gasteiger partial charge in [-0.15, -0.1) is 24.8 Å². The Balaban J connectivity index is 0.00000132. The second-order valence-electron chi connectivity index (χ2n) is 4.95. The van der Waals surface area contributed by atoms with E-state index in [1.807, 2.05) is 36.4 Å². The van der Waals surface area contributed by atoms with Gasteiger partial charge in [0, 0.05) is 11.9 Å². The minimum atomic E-state index is -0.0729. The van der Waals surface area contributed by atoms with Crippen LogP contribution in [0.1, 0.15) is 12.8 Å². The highest BCUT2D eigenvalue weighted by Gasteiger charge is 2.21. The molecule has 0 aliphatic carbocycles. The topological polar surface area (TPSA) is 63.2 Å². The Morgan fingerprint density at radius 2 is 1.96 bits per heavy atom. The first-order chi connectivity index (χ1) is 10.3. The van der Waals surface area contributed by atoms with Crippen molar-refractivity contribution in [3.63, 3.8) is 0 Å². The highest BCUT2D eigenvalue weighted by atomic mass is 35.5. The Hall–Kier alpha value is -1.82. The van der Waals surface area contributed by atoms with Crippen LogP contribution in [-0.2, 0) is 4.79 Å². The monoisotopic (exact) mass is 355 g/mol. The van der Waals surface area contributed by atoms with Crippen molar-refractivity contribution in [2.45, 2.75) is 18.9 Å². The molecule has 1 aliphatic heterocycles. The molecular formula is C16H19Cl2N3O2. The van der Waals surface area contributed by atoms with Crippen molar-refractivity contribution in [3.05, 3.63) is 48.8 Å². The van der Waals surface area contributed by atoms with E-state index in [0.717, 1.165) is 25.1 Å². The van der Waals surface area contributed by atoms with Crippen LogP contribution in [-0.4, -0.2) is 23.5 Å². The third-order valence-corrected chi connectivity index (χ3v) is 3.37. The van der Waals surface area contributed by atoms with Gasteiger partial charge in [0.2, 0.25) is 5.91 Å². The van der Waals surface area contributed by atoms with Gasteiger partial charge >= 0.3 is 0 Å². The lowest BCUT2D eigenvalue weighted by Crippen LogP contribution is -2.35. The average Bonchev–Trinajstić information content (AvgIpc) is 3.05. The smallest absolute Gasteiger partial charge is 0.241 e. The largest absolute Gasteiger partial charge is 0.456 e. The summed E-state index contributed by atoms with van der Waals surface area (Å²) in [6.07, 6.45) is 5.30. The van der Waals surface area contributed by atoms with Crippen molar-refractivity contribution in [2.75, 3.05) is 11.9 Å². The zero-order chi connectivity index (χ0) is 14.5. The average molecular weight is 356 g/mol. The number of carbonyl (C=O) groups excluding carboxylic acids is 1. The Kier molecular flexibility index (Phi) is 7.81. The SMILES string of the molecule is Cl.Cl.O=C(Nc1ccc(Oc2cccnc2)cc1)[C@@H]1CCCN1. The summed E-state index contributed by atoms with van der Waals surface area (Å²) in [6.45, 7) is 0.913. The Morgan fingerprint density at radius 1 is 1.17 bits per heavy atom. The zero-order valence-corrected chi connectivity index (χ0v) is 14.0. The maximum atomic E-state index is 12.0. The van der Waals surface area contributed by atoms with Crippen molar-refractivity contribution in [1.29, 1.82) is 0 Å². The number of ether oxygens (including phenoxy) is 1. The summed E-state index contributed by atoms with van der Waals surface area (Å²) in [6, 6.07) is 10.9. The van der Waals surface area contributed by atoms with Crippen LogP contribution < -0.4 is 15.4 Å². The number of carbonyl (C=O) groups is 1. The van der Waals surface area contributed by atoms with Crippen LogP contribution in [0.3, 0.4) is 0 Å². The number of halogens is 2. The predicted molar refractivity (Wildman–Crippen MR) is 94.9 cm³/mol. The minimum absolute atomic E-state index is 0. The van der Waals surface area contributed by atoms with Crippen molar-refractivity contribution in [2.24, 2.45) is 0 Å². The highest BCUT2D eigenvalue weighted by Crippen LogP contribution is 2.22. The summed E-state index contributed by atoms with van der Waals surface area (Å²) in [5, 5.41) is 6.08. The van der Waals surface area contributed by atoms with Gasteiger partial charge in [-0.2, -0.15) is 0 Å². The van der Waals surface area contributed by atoms with E-state index in [2.05, 4.69) is 15.6 Å². The molecule has 1 amide bonds. The molecule has 1 fully saturated rings. The van der Waals surface area contributed by atoms with Gasteiger partial charge < -0.3 is 15.4 Å². The maximum Gasteiger partial charge on any atom is 0.241 e. The summed E-state index contributed by atoms with van der Waals surface area (Å²) in [7, 11) is 0. The fourth-order valence-corrected chi connectivity index (χ4v) is 2.29. The van der Waals surface area contributed by atoms with Gasteiger partial charge in [-0.1, -0.05) is 0 Å². The lowest BCUT2D eigenvalue weighted by molar-refractivity contribution is -0.117. The number of amides is 1. The molecule has 0 spiro atoms. The molecule has 1 aromatic heterocycles. The van der Waals surface area contributed by atoms with Gasteiger partial charge in [0.1, 0.15) is 11.5 Å². The van der Waals surface area contributed by atoms with Gasteiger partial charge in [0.15, 0.2) is 0 Å². The van der Waals surface area contributed by atoms with Gasteiger partial charge in [-0.05, 0) is 55.8 Å². The summed E-state index contributed by atoms with van der Waals surface area (Å²) >= 11 is 0. The Morgan fingerprint density at radius 3 is 2.57 bits per heavy atom. The minimum Gasteiger partial charge on any atom is -0.456 e. The molecule has 1 aliphatic rings. The number of nitrogens with one attached hydrogen (secondary N) is 2. The molecule has 0 bridgehead atoms. The second-order valence-corrected chi connectivity index (χ2v) is 4.95. The fourth-order valence-electron chi connectivity index (χ4n) is 2.29. The van der Waals surface area contributed by atoms with Crippen LogP contribution in [0.2, 0.25) is 0 Å². The summed E-state index contributed by atoms with van der Waals surface area (Å²) in [5.74, 6) is 1.41. The number of hydrogen-bond donors (Lipinski definition) is 2. The van der Waals surface area contributed by atoms with E-state index in [0.29, 0.717) is 11.5 Å². The van der Waals surface area contributed by atoms with E-state index in [-0.39, 0.29) is 36.8 Å². The Labute approximate surface area is 147 Å². The van der Waals surface area contributed by atoms with Crippen LogP contribution in [0.15, 0.2) is 48.8 Å². The van der Waals surface area contributed by atoms with Crippen LogP contribution in [0.5, 0.6) is 11.5 Å². The number of benzene rings is 1. The molecule has 7 heteroatoms. The van der Waals surface area contributed by atoms with Crippen LogP contribution in [0, 0.1) is 0 Å². The number of anilines is 1. The number of hydrogen-bond acceptors (Lipinski definition) is 4. The molecular weight excluding hydrogens is 337 g/mol. The van der Waals surface area contributed by atoms with Crippen molar-refractivity contribution >= 4 is 36.4 Å². The third kappa shape index (κ3) is 5.39. The van der Waals surface area contributed by atoms with Crippen molar-refractivity contribution in [3.8, 4) is 11.5 Å². The molecule has 124 valence electrons. The maximum absolute atomic E-state index is 12.0. The number of pyridine rings is 1. The normalized spacial score (nSPS) is 15.9. The van der Waals surface area contributed by atoms with Crippen LogP contribution >= 0.6 is 24.8 Å². The summed E-state index contributed by atoms with van der Waals surface area (Å²) < 4.78 is 5.65. The quantitative estimate of drug-likeness (QED) is 0.881. The van der Waals surface area contributed by atoms with Crippen LogP contribution in [0.4, 0.5) is 5.69 Å². The van der Waals surface area contributed by atoms with Crippen molar-refractivity contribution < 1.29 is 9.53 Å². The first kappa shape index (κ1) is 19.2. The van der Waals surface area contributed by atoms with E-state index in [4.69, 9.17) is 4.74 Å². The zero-order valence-electron chi connectivity index (χ0n) is 12.4. The Bertz CT molecular complexity index is 602. The van der Waals surface area contributed by atoms with E-state index in [9.17, 15) is 4.79 Å². The number of aromatic nitrogens is 1. The van der Waals surface area contributed by atoms with E-state index in [1.54, 1.807) is 12.4 Å². The molecule has 2 heterocycles. The summed E-state index contributed by atoms with van der Waals surface area (Å²) in [5.41, 5.74) is 0.771. The van der Waals surface area contributed by atoms with Crippen molar-refractivity contribution in [1.82, 2.24) is 10.3 Å². The molecule has 1 saturated heterocycles. The molecule has 1 atom stereocenters. The van der Waals surface area contributed by atoms with Crippen LogP contribution in [0.25, 0.3) is 0 Å². The first-order valence-electron chi connectivity index (χ1n) is 7.03. The third-order valence-electron chi connectivity index (χ3n) is 3.37. The number of nitrogens with zero attached hydrogens (tertiary/aromatic N) is 1. The lowest BCUT2D eigenvalue weighted by Gasteiger charge is -2.11. The summed E-state index contributed by atoms with van der Waals surface area (Å²) in [4.78, 5) is 16.0. The molecule has 3 rings (SSSR count). The fraction of sp³-hybridized carbons (Fsp3) is 0.250. The molecule has 1 aromatic carbocycles. The van der Waals surface area contributed by atoms with Gasteiger partial charge in [0.05, 0.1) is 12.2 Å². The first-order valence-corrected chi connectivity index (χ1v) is 7.03. The lowest BCUT2D eigenvalue weighted by atomic mass is 10.2. The standard InChI is InChI=1S/C16H17N3O2.2ClH/c20-16(15-4-2-10-18-15)19-12-5-7-13(8-6-12)21-14-3-1-9-17-11-14;;/h1,3,5-9,11,15,18H,2,4,10H2,(H,19,20);2*1H/t15-;;/m0../s1. The van der Waals surface area contributed by atoms with E-state index >= 15 is 0 Å². The molecule has 0 radical (unpaired) electrons. The van der Waals surface area contributed by atoms with Gasteiger partial charge in [-0.25, -0.2) is 0 Å². The molecule has 0 unspecified atom stereocenters. The molecule has 2 aromatic rings.